The minimum Gasteiger partial charge on any atom is -0.508 e. The summed E-state index contributed by atoms with van der Waals surface area (Å²) in [6, 6.07) is 1.80. The van der Waals surface area contributed by atoms with Crippen molar-refractivity contribution in [3.63, 3.8) is 0 Å². The second kappa shape index (κ2) is 5.26. The Morgan fingerprint density at radius 2 is 1.71 bits per heavy atom. The maximum atomic E-state index is 9.63. The van der Waals surface area contributed by atoms with Crippen molar-refractivity contribution in [1.82, 2.24) is 0 Å². The summed E-state index contributed by atoms with van der Waals surface area (Å²) in [7, 11) is 0. The van der Waals surface area contributed by atoms with Gasteiger partial charge in [-0.3, -0.25) is 0 Å². The van der Waals surface area contributed by atoms with Gasteiger partial charge in [-0.1, -0.05) is 5.11 Å². The molecule has 0 fully saturated rings. The van der Waals surface area contributed by atoms with Crippen molar-refractivity contribution in [2.24, 2.45) is 5.11 Å². The molecule has 1 aromatic carbocycles. The smallest absolute Gasteiger partial charge is 0.128 e. The van der Waals surface area contributed by atoms with Gasteiger partial charge in [0.05, 0.1) is 18.2 Å². The first-order valence-electron chi connectivity index (χ1n) is 4.59. The summed E-state index contributed by atoms with van der Waals surface area (Å²) in [6.07, 6.45) is -3.12. The normalized spacial score (nSPS) is 13.8. The highest BCUT2D eigenvalue weighted by molar-refractivity contribution is 5.50. The molecule has 92 valence electrons. The monoisotopic (exact) mass is 241 g/mol. The molecule has 2 unspecified atom stereocenters. The Morgan fingerprint density at radius 3 is 2.18 bits per heavy atom. The quantitative estimate of drug-likeness (QED) is 0.295. The zero-order valence-corrected chi connectivity index (χ0v) is 8.59. The maximum absolute atomic E-state index is 9.63. The lowest BCUT2D eigenvalue weighted by Crippen LogP contribution is -2.21. The number of hydrogen-bond donors (Lipinski definition) is 5. The summed E-state index contributed by atoms with van der Waals surface area (Å²) in [6.45, 7) is -0.419. The number of azide groups is 1. The Morgan fingerprint density at radius 1 is 1.18 bits per heavy atom. The van der Waals surface area contributed by atoms with E-state index in [2.05, 4.69) is 10.0 Å². The van der Waals surface area contributed by atoms with Crippen LogP contribution in [0.1, 0.15) is 11.7 Å². The molecule has 1 rings (SSSR count). The Kier molecular flexibility index (Phi) is 4.00. The maximum Gasteiger partial charge on any atom is 0.128 e. The number of hydrogen-bond acceptors (Lipinski definition) is 6. The molecule has 0 saturated heterocycles. The van der Waals surface area contributed by atoms with E-state index < -0.39 is 30.3 Å². The number of aliphatic hydroxyl groups excluding tert-OH is 2. The third kappa shape index (κ3) is 2.91. The SMILES string of the molecule is [N-]=[N+]=NCC(O)C(O)c1c(O)cc(O)cc1O. The lowest BCUT2D eigenvalue weighted by molar-refractivity contribution is 0.0215. The van der Waals surface area contributed by atoms with Crippen LogP contribution in [0.15, 0.2) is 17.2 Å². The zero-order valence-electron chi connectivity index (χ0n) is 8.59. The van der Waals surface area contributed by atoms with Gasteiger partial charge in [0.15, 0.2) is 0 Å². The van der Waals surface area contributed by atoms with Crippen LogP contribution in [0.2, 0.25) is 0 Å². The predicted octanol–water partition coefficient (Wildman–Crippen LogP) is 0.508. The van der Waals surface area contributed by atoms with Crippen molar-refractivity contribution in [3.05, 3.63) is 28.1 Å². The van der Waals surface area contributed by atoms with Crippen LogP contribution in [-0.2, 0) is 0 Å². The molecule has 0 heterocycles. The van der Waals surface area contributed by atoms with Gasteiger partial charge in [-0.2, -0.15) is 0 Å². The molecule has 0 spiro atoms. The van der Waals surface area contributed by atoms with Crippen molar-refractivity contribution >= 4 is 0 Å². The fourth-order valence-corrected chi connectivity index (χ4v) is 1.32. The summed E-state index contributed by atoms with van der Waals surface area (Å²) in [4.78, 5) is 2.40. The summed E-state index contributed by atoms with van der Waals surface area (Å²) >= 11 is 0. The predicted molar refractivity (Wildman–Crippen MR) is 56.4 cm³/mol. The number of aliphatic hydroxyl groups is 2. The number of rotatable bonds is 4. The van der Waals surface area contributed by atoms with Crippen molar-refractivity contribution in [2.75, 3.05) is 6.54 Å². The van der Waals surface area contributed by atoms with Crippen LogP contribution in [0.25, 0.3) is 10.4 Å². The minimum absolute atomic E-state index is 0.344. The van der Waals surface area contributed by atoms with Crippen molar-refractivity contribution < 1.29 is 25.5 Å². The number of phenolic OH excluding ortho intramolecular Hbond substituents is 3. The van der Waals surface area contributed by atoms with E-state index in [4.69, 9.17) is 10.6 Å². The molecule has 0 radical (unpaired) electrons. The van der Waals surface area contributed by atoms with E-state index in [1.54, 1.807) is 0 Å². The summed E-state index contributed by atoms with van der Waals surface area (Å²) < 4.78 is 0. The highest BCUT2D eigenvalue weighted by atomic mass is 16.3. The molecule has 0 aliphatic heterocycles. The molecule has 0 aliphatic carbocycles. The molecule has 2 atom stereocenters. The van der Waals surface area contributed by atoms with Crippen molar-refractivity contribution in [3.8, 4) is 17.2 Å². The standard InChI is InChI=1S/C9H11N3O5/c10-12-11-3-7(16)9(17)8-5(14)1-4(13)2-6(8)15/h1-2,7,9,13-17H,3H2. The third-order valence-corrected chi connectivity index (χ3v) is 2.11. The largest absolute Gasteiger partial charge is 0.508 e. The second-order valence-corrected chi connectivity index (χ2v) is 3.32. The van der Waals surface area contributed by atoms with E-state index in [1.165, 1.54) is 0 Å². The minimum atomic E-state index is -1.64. The van der Waals surface area contributed by atoms with E-state index >= 15 is 0 Å². The Balaban J connectivity index is 3.03. The fourth-order valence-electron chi connectivity index (χ4n) is 1.32. The first-order valence-corrected chi connectivity index (χ1v) is 4.59. The molecular weight excluding hydrogens is 230 g/mol. The molecule has 8 heteroatoms. The lowest BCUT2D eigenvalue weighted by Gasteiger charge is -2.18. The summed E-state index contributed by atoms with van der Waals surface area (Å²) in [5.74, 6) is -1.54. The molecule has 0 amide bonds. The topological polar surface area (TPSA) is 150 Å². The van der Waals surface area contributed by atoms with Gasteiger partial charge in [0.25, 0.3) is 0 Å². The molecule has 8 nitrogen and oxygen atoms in total. The van der Waals surface area contributed by atoms with Gasteiger partial charge in [0.1, 0.15) is 23.4 Å². The van der Waals surface area contributed by atoms with Crippen molar-refractivity contribution in [2.45, 2.75) is 12.2 Å². The number of benzene rings is 1. The molecule has 0 aliphatic rings. The van der Waals surface area contributed by atoms with Crippen LogP contribution in [-0.4, -0.2) is 38.2 Å². The van der Waals surface area contributed by atoms with E-state index in [0.29, 0.717) is 0 Å². The van der Waals surface area contributed by atoms with Crippen LogP contribution in [0, 0.1) is 0 Å². The van der Waals surface area contributed by atoms with Gasteiger partial charge < -0.3 is 25.5 Å². The lowest BCUT2D eigenvalue weighted by atomic mass is 10.0. The Hall–Kier alpha value is -2.15. The van der Waals surface area contributed by atoms with Crippen LogP contribution < -0.4 is 0 Å². The molecule has 0 aromatic heterocycles. The van der Waals surface area contributed by atoms with Gasteiger partial charge in [0, 0.05) is 17.0 Å². The van der Waals surface area contributed by atoms with Crippen LogP contribution in [0.5, 0.6) is 17.2 Å². The van der Waals surface area contributed by atoms with E-state index in [0.717, 1.165) is 12.1 Å². The summed E-state index contributed by atoms with van der Waals surface area (Å²) in [5.41, 5.74) is 7.70. The summed E-state index contributed by atoms with van der Waals surface area (Å²) in [5, 5.41) is 50.0. The van der Waals surface area contributed by atoms with Gasteiger partial charge in [-0.05, 0) is 5.53 Å². The highest BCUT2D eigenvalue weighted by Gasteiger charge is 2.24. The van der Waals surface area contributed by atoms with Gasteiger partial charge in [-0.15, -0.1) is 0 Å². The number of aromatic hydroxyl groups is 3. The number of nitrogens with zero attached hydrogens (tertiary/aromatic N) is 3. The fraction of sp³-hybridized carbons (Fsp3) is 0.333. The molecule has 17 heavy (non-hydrogen) atoms. The number of phenols is 3. The van der Waals surface area contributed by atoms with Crippen molar-refractivity contribution in [1.29, 1.82) is 0 Å². The van der Waals surface area contributed by atoms with E-state index in [9.17, 15) is 20.4 Å². The highest BCUT2D eigenvalue weighted by Crippen LogP contribution is 2.37. The zero-order chi connectivity index (χ0) is 13.0. The molecule has 0 saturated carbocycles. The van der Waals surface area contributed by atoms with E-state index in [-0.39, 0.29) is 11.3 Å². The third-order valence-electron chi connectivity index (χ3n) is 2.11. The molecule has 1 aromatic rings. The van der Waals surface area contributed by atoms with Gasteiger partial charge in [0.2, 0.25) is 0 Å². The first-order chi connectivity index (χ1) is 7.97. The van der Waals surface area contributed by atoms with Crippen LogP contribution in [0.4, 0.5) is 0 Å². The first kappa shape index (κ1) is 12.9. The van der Waals surface area contributed by atoms with Crippen LogP contribution >= 0.6 is 0 Å². The average Bonchev–Trinajstić information content (AvgIpc) is 2.24. The molecule has 0 bridgehead atoms. The van der Waals surface area contributed by atoms with Gasteiger partial charge >= 0.3 is 0 Å². The Labute approximate surface area is 95.6 Å². The average molecular weight is 241 g/mol. The second-order valence-electron chi connectivity index (χ2n) is 3.32. The molecular formula is C9H11N3O5. The van der Waals surface area contributed by atoms with Crippen LogP contribution in [0.3, 0.4) is 0 Å². The van der Waals surface area contributed by atoms with E-state index in [1.807, 2.05) is 0 Å². The van der Waals surface area contributed by atoms with Gasteiger partial charge in [-0.25, -0.2) is 0 Å². The molecule has 5 N–H and O–H groups in total. The Bertz CT molecular complexity index is 435.